The highest BCUT2D eigenvalue weighted by atomic mass is 15.6. The summed E-state index contributed by atoms with van der Waals surface area (Å²) in [6.45, 7) is 10.8. The second-order valence-corrected chi connectivity index (χ2v) is 5.64. The van der Waals surface area contributed by atoms with Gasteiger partial charge in [0, 0.05) is 38.3 Å². The van der Waals surface area contributed by atoms with E-state index < -0.39 is 0 Å². The van der Waals surface area contributed by atoms with E-state index >= 15 is 0 Å². The molecule has 2 saturated heterocycles. The monoisotopic (exact) mass is 211 g/mol. The number of likely N-dealkylation sites (N-methyl/N-ethyl adjacent to an activating group) is 1. The molecule has 0 unspecified atom stereocenters. The van der Waals surface area contributed by atoms with Crippen LogP contribution in [0.25, 0.3) is 0 Å². The largest absolute Gasteiger partial charge is 0.299 e. The molecule has 0 aromatic heterocycles. The maximum absolute atomic E-state index is 2.58. The van der Waals surface area contributed by atoms with E-state index in [9.17, 15) is 0 Å². The predicted molar refractivity (Wildman–Crippen MR) is 63.7 cm³/mol. The average molecular weight is 211 g/mol. The van der Waals surface area contributed by atoms with Gasteiger partial charge in [-0.25, -0.2) is 10.0 Å². The number of nitrogens with zero attached hydrogens (tertiary/aromatic N) is 3. The van der Waals surface area contributed by atoms with Gasteiger partial charge < -0.3 is 0 Å². The van der Waals surface area contributed by atoms with Crippen LogP contribution in [0.1, 0.15) is 33.1 Å². The van der Waals surface area contributed by atoms with E-state index in [1.807, 2.05) is 0 Å². The Labute approximate surface area is 94.0 Å². The van der Waals surface area contributed by atoms with E-state index in [0.29, 0.717) is 5.54 Å². The van der Waals surface area contributed by atoms with Crippen LogP contribution in [0.2, 0.25) is 0 Å². The highest BCUT2D eigenvalue weighted by Crippen LogP contribution is 2.22. The van der Waals surface area contributed by atoms with Gasteiger partial charge in [-0.2, -0.15) is 0 Å². The predicted octanol–water partition coefficient (Wildman–Crippen LogP) is 1.41. The van der Waals surface area contributed by atoms with Crippen LogP contribution in [0, 0.1) is 0 Å². The van der Waals surface area contributed by atoms with E-state index in [1.54, 1.807) is 0 Å². The van der Waals surface area contributed by atoms with Gasteiger partial charge in [-0.3, -0.25) is 4.90 Å². The smallest absolute Gasteiger partial charge is 0.0313 e. The van der Waals surface area contributed by atoms with Crippen LogP contribution in [0.15, 0.2) is 0 Å². The number of piperidine rings is 1. The van der Waals surface area contributed by atoms with E-state index in [4.69, 9.17) is 0 Å². The van der Waals surface area contributed by atoms with Crippen molar-refractivity contribution in [2.75, 3.05) is 39.8 Å². The van der Waals surface area contributed by atoms with Crippen molar-refractivity contribution in [1.82, 2.24) is 14.9 Å². The molecule has 0 N–H and O–H groups in total. The van der Waals surface area contributed by atoms with Crippen molar-refractivity contribution in [2.45, 2.75) is 38.6 Å². The third-order valence-electron chi connectivity index (χ3n) is 4.03. The van der Waals surface area contributed by atoms with Gasteiger partial charge >= 0.3 is 0 Å². The zero-order valence-electron chi connectivity index (χ0n) is 10.5. The minimum absolute atomic E-state index is 0.329. The second-order valence-electron chi connectivity index (χ2n) is 5.64. The Morgan fingerprint density at radius 2 is 1.47 bits per heavy atom. The molecule has 2 rings (SSSR count). The van der Waals surface area contributed by atoms with Crippen molar-refractivity contribution in [2.24, 2.45) is 0 Å². The summed E-state index contributed by atoms with van der Waals surface area (Å²) in [5.41, 5.74) is 0.329. The molecule has 0 atom stereocenters. The Morgan fingerprint density at radius 3 is 2.07 bits per heavy atom. The first-order valence-electron chi connectivity index (χ1n) is 6.31. The Morgan fingerprint density at radius 1 is 0.800 bits per heavy atom. The lowest BCUT2D eigenvalue weighted by atomic mass is 10.0. The first-order valence-corrected chi connectivity index (χ1v) is 6.31. The van der Waals surface area contributed by atoms with Crippen molar-refractivity contribution < 1.29 is 0 Å². The lowest BCUT2D eigenvalue weighted by Gasteiger charge is -2.49. The molecule has 15 heavy (non-hydrogen) atoms. The Bertz CT molecular complexity index is 209. The van der Waals surface area contributed by atoms with Crippen molar-refractivity contribution in [3.63, 3.8) is 0 Å². The van der Waals surface area contributed by atoms with Gasteiger partial charge in [0.25, 0.3) is 0 Å². The maximum Gasteiger partial charge on any atom is 0.0313 e. The van der Waals surface area contributed by atoms with Gasteiger partial charge in [0.1, 0.15) is 0 Å². The van der Waals surface area contributed by atoms with Gasteiger partial charge in [0.2, 0.25) is 0 Å². The molecule has 0 radical (unpaired) electrons. The minimum atomic E-state index is 0.329. The van der Waals surface area contributed by atoms with E-state index in [1.165, 1.54) is 52.0 Å². The molecule has 0 saturated carbocycles. The lowest BCUT2D eigenvalue weighted by molar-refractivity contribution is -0.102. The van der Waals surface area contributed by atoms with Gasteiger partial charge in [-0.05, 0) is 33.7 Å². The molecule has 88 valence electrons. The first-order chi connectivity index (χ1) is 7.09. The average Bonchev–Trinajstić information content (AvgIpc) is 2.23. The van der Waals surface area contributed by atoms with Crippen molar-refractivity contribution >= 4 is 0 Å². The molecule has 2 fully saturated rings. The number of piperazine rings is 1. The van der Waals surface area contributed by atoms with Gasteiger partial charge in [-0.15, -0.1) is 0 Å². The van der Waals surface area contributed by atoms with Crippen LogP contribution >= 0.6 is 0 Å². The summed E-state index contributed by atoms with van der Waals surface area (Å²) in [6, 6.07) is 0. The van der Waals surface area contributed by atoms with Crippen LogP contribution in [-0.2, 0) is 0 Å². The van der Waals surface area contributed by atoms with E-state index in [-0.39, 0.29) is 0 Å². The molecular weight excluding hydrogens is 186 g/mol. The number of hydrogen-bond acceptors (Lipinski definition) is 3. The minimum Gasteiger partial charge on any atom is -0.299 e. The molecule has 2 aliphatic rings. The van der Waals surface area contributed by atoms with E-state index in [2.05, 4.69) is 35.8 Å². The van der Waals surface area contributed by atoms with Gasteiger partial charge in [0.15, 0.2) is 0 Å². The van der Waals surface area contributed by atoms with E-state index in [0.717, 1.165) is 0 Å². The van der Waals surface area contributed by atoms with Crippen LogP contribution in [-0.4, -0.2) is 60.2 Å². The molecule has 0 aliphatic carbocycles. The molecule has 0 amide bonds. The fraction of sp³-hybridized carbons (Fsp3) is 1.00. The first kappa shape index (κ1) is 11.4. The molecular formula is C12H25N3. The molecule has 3 heteroatoms. The van der Waals surface area contributed by atoms with Crippen molar-refractivity contribution in [3.05, 3.63) is 0 Å². The standard InChI is InChI=1S/C12H25N3/c1-12(2)11-15(10-9-13(12)3)14-7-5-4-6-8-14/h4-11H2,1-3H3. The highest BCUT2D eigenvalue weighted by Gasteiger charge is 2.33. The molecule has 2 heterocycles. The normalized spacial score (nSPS) is 30.6. The maximum atomic E-state index is 2.58. The molecule has 2 aliphatic heterocycles. The van der Waals surface area contributed by atoms with Crippen molar-refractivity contribution in [3.8, 4) is 0 Å². The van der Waals surface area contributed by atoms with Crippen LogP contribution in [0.3, 0.4) is 0 Å². The number of hydrogen-bond donors (Lipinski definition) is 0. The zero-order chi connectivity index (χ0) is 10.9. The number of rotatable bonds is 1. The van der Waals surface area contributed by atoms with Gasteiger partial charge in [0.05, 0.1) is 0 Å². The second kappa shape index (κ2) is 4.40. The van der Waals surface area contributed by atoms with Crippen LogP contribution in [0.5, 0.6) is 0 Å². The summed E-state index contributed by atoms with van der Waals surface area (Å²) >= 11 is 0. The summed E-state index contributed by atoms with van der Waals surface area (Å²) in [7, 11) is 2.24. The third-order valence-corrected chi connectivity index (χ3v) is 4.03. The molecule has 3 nitrogen and oxygen atoms in total. The molecule has 0 aromatic rings. The summed E-state index contributed by atoms with van der Waals surface area (Å²) in [6.07, 6.45) is 4.19. The van der Waals surface area contributed by atoms with Crippen LogP contribution in [0.4, 0.5) is 0 Å². The lowest BCUT2D eigenvalue weighted by Crippen LogP contribution is -2.62. The zero-order valence-corrected chi connectivity index (χ0v) is 10.5. The number of hydrazine groups is 1. The summed E-state index contributed by atoms with van der Waals surface area (Å²) in [4.78, 5) is 2.48. The topological polar surface area (TPSA) is 9.72 Å². The fourth-order valence-electron chi connectivity index (χ4n) is 2.62. The van der Waals surface area contributed by atoms with Crippen LogP contribution < -0.4 is 0 Å². The Kier molecular flexibility index (Phi) is 3.33. The van der Waals surface area contributed by atoms with Gasteiger partial charge in [-0.1, -0.05) is 6.42 Å². The third kappa shape index (κ3) is 2.52. The summed E-state index contributed by atoms with van der Waals surface area (Å²) < 4.78 is 0. The quantitative estimate of drug-likeness (QED) is 0.649. The summed E-state index contributed by atoms with van der Waals surface area (Å²) in [5, 5.41) is 5.16. The molecule has 0 spiro atoms. The molecule has 0 bridgehead atoms. The Balaban J connectivity index is 1.93. The SMILES string of the molecule is CN1CCN(N2CCCCC2)CC1(C)C. The fourth-order valence-corrected chi connectivity index (χ4v) is 2.62. The molecule has 0 aromatic carbocycles. The highest BCUT2D eigenvalue weighted by molar-refractivity contribution is 4.87. The Hall–Kier alpha value is -0.120. The summed E-state index contributed by atoms with van der Waals surface area (Å²) in [5.74, 6) is 0. The van der Waals surface area contributed by atoms with Crippen molar-refractivity contribution in [1.29, 1.82) is 0 Å².